The van der Waals surface area contributed by atoms with Crippen LogP contribution in [0.1, 0.15) is 87.9 Å². The largest absolute Gasteiger partial charge is 0.468 e. The van der Waals surface area contributed by atoms with Crippen LogP contribution in [-0.4, -0.2) is 43.5 Å². The number of rotatable bonds is 9. The fourth-order valence-corrected chi connectivity index (χ4v) is 7.09. The Labute approximate surface area is 219 Å². The van der Waals surface area contributed by atoms with Crippen LogP contribution >= 0.6 is 0 Å². The normalized spacial score (nSPS) is 29.8. The minimum atomic E-state index is -0.848. The van der Waals surface area contributed by atoms with Crippen LogP contribution in [0.2, 0.25) is 0 Å². The number of aliphatic hydroxyl groups is 1. The molecule has 2 saturated carbocycles. The lowest BCUT2D eigenvalue weighted by Gasteiger charge is -2.61. The predicted octanol–water partition coefficient (Wildman–Crippen LogP) is 4.77. The van der Waals surface area contributed by atoms with Crippen LogP contribution in [0.5, 0.6) is 5.95 Å². The van der Waals surface area contributed by atoms with Gasteiger partial charge in [-0.1, -0.05) is 26.0 Å². The Bertz CT molecular complexity index is 1100. The van der Waals surface area contributed by atoms with E-state index in [2.05, 4.69) is 20.4 Å². The van der Waals surface area contributed by atoms with E-state index in [0.717, 1.165) is 24.8 Å². The van der Waals surface area contributed by atoms with Crippen molar-refractivity contribution in [3.63, 3.8) is 0 Å². The van der Waals surface area contributed by atoms with Gasteiger partial charge in [-0.05, 0) is 83.0 Å². The Balaban J connectivity index is 2.09. The summed E-state index contributed by atoms with van der Waals surface area (Å²) in [7, 11) is 2.67. The van der Waals surface area contributed by atoms with E-state index in [1.807, 2.05) is 0 Å². The van der Waals surface area contributed by atoms with Gasteiger partial charge in [0, 0.05) is 5.41 Å². The van der Waals surface area contributed by atoms with Gasteiger partial charge in [0.05, 0.1) is 25.4 Å². The van der Waals surface area contributed by atoms with Crippen molar-refractivity contribution in [1.82, 2.24) is 0 Å². The van der Waals surface area contributed by atoms with E-state index < -0.39 is 17.0 Å². The summed E-state index contributed by atoms with van der Waals surface area (Å²) >= 11 is 0. The number of fused-ring (bicyclic) bond motifs is 1. The summed E-state index contributed by atoms with van der Waals surface area (Å²) in [5.41, 5.74) is -0.718. The Hall–Kier alpha value is -2.61. The maximum atomic E-state index is 13.5. The highest BCUT2D eigenvalue weighted by atomic mass is 16.6. The van der Waals surface area contributed by atoms with Crippen LogP contribution in [0.3, 0.4) is 0 Å². The first-order valence-electron chi connectivity index (χ1n) is 13.0. The van der Waals surface area contributed by atoms with E-state index in [4.69, 9.17) is 18.6 Å². The van der Waals surface area contributed by atoms with Gasteiger partial charge in [-0.2, -0.15) is 0 Å². The van der Waals surface area contributed by atoms with Crippen molar-refractivity contribution in [2.24, 2.45) is 22.7 Å². The molecule has 1 aromatic heterocycles. The van der Waals surface area contributed by atoms with E-state index in [9.17, 15) is 19.5 Å². The Morgan fingerprint density at radius 3 is 2.51 bits per heavy atom. The molecule has 8 heteroatoms. The lowest BCUT2D eigenvalue weighted by atomic mass is 9.45. The van der Waals surface area contributed by atoms with Crippen LogP contribution in [0.15, 0.2) is 21.4 Å². The van der Waals surface area contributed by atoms with E-state index in [-0.39, 0.29) is 46.0 Å². The Kier molecular flexibility index (Phi) is 8.32. The number of esters is 1. The van der Waals surface area contributed by atoms with Gasteiger partial charge >= 0.3 is 5.97 Å². The zero-order valence-electron chi connectivity index (χ0n) is 23.3. The first kappa shape index (κ1) is 29.0. The molecule has 3 rings (SSSR count). The second kappa shape index (κ2) is 10.6. The summed E-state index contributed by atoms with van der Waals surface area (Å²) in [5.74, 6) is -0.436. The van der Waals surface area contributed by atoms with E-state index in [1.165, 1.54) is 14.2 Å². The predicted molar refractivity (Wildman–Crippen MR) is 139 cm³/mol. The van der Waals surface area contributed by atoms with E-state index in [0.29, 0.717) is 37.7 Å². The molecular weight excluding hydrogens is 476 g/mol. The van der Waals surface area contributed by atoms with Crippen LogP contribution in [-0.2, 0) is 20.7 Å². The molecule has 0 aliphatic heterocycles. The van der Waals surface area contributed by atoms with Crippen molar-refractivity contribution >= 4 is 12.4 Å². The average molecular weight is 519 g/mol. The summed E-state index contributed by atoms with van der Waals surface area (Å²) in [4.78, 5) is 37.3. The van der Waals surface area contributed by atoms with Crippen LogP contribution in [0, 0.1) is 29.6 Å². The van der Waals surface area contributed by atoms with Crippen LogP contribution in [0.25, 0.3) is 0 Å². The van der Waals surface area contributed by atoms with Crippen molar-refractivity contribution in [3.8, 4) is 5.95 Å². The van der Waals surface area contributed by atoms with Crippen molar-refractivity contribution in [2.45, 2.75) is 91.3 Å². The summed E-state index contributed by atoms with van der Waals surface area (Å²) in [6.07, 6.45) is 4.40. The summed E-state index contributed by atoms with van der Waals surface area (Å²) < 4.78 is 21.7. The molecule has 0 radical (unpaired) electrons. The van der Waals surface area contributed by atoms with Gasteiger partial charge in [-0.15, -0.1) is 0 Å². The average Bonchev–Trinajstić information content (AvgIpc) is 2.82. The second-order valence-corrected chi connectivity index (χ2v) is 11.9. The molecule has 8 nitrogen and oxygen atoms in total. The molecule has 1 aromatic rings. The van der Waals surface area contributed by atoms with E-state index in [1.54, 1.807) is 20.8 Å². The maximum absolute atomic E-state index is 13.5. The maximum Gasteiger partial charge on any atom is 0.345 e. The molecule has 1 heterocycles. The molecular formula is C29H42O8. The SMILES string of the molecule is C=C1CC[C@@H]2[C@](C)(CC[C@@H](OC=O)[C@@]2(C)CCC(C)(C)O)[C@@H]1Cc1c(OC)oc(C)c(C(=O)OC)c1=O. The molecule has 2 aliphatic carbocycles. The minimum Gasteiger partial charge on any atom is -0.468 e. The van der Waals surface area contributed by atoms with Gasteiger partial charge in [0.1, 0.15) is 17.4 Å². The van der Waals surface area contributed by atoms with Gasteiger partial charge < -0.3 is 23.7 Å². The molecule has 37 heavy (non-hydrogen) atoms. The number of ether oxygens (including phenoxy) is 3. The third kappa shape index (κ3) is 5.35. The zero-order chi connectivity index (χ0) is 27.8. The topological polar surface area (TPSA) is 112 Å². The lowest BCUT2D eigenvalue weighted by Crippen LogP contribution is -2.57. The molecule has 2 fully saturated rings. The van der Waals surface area contributed by atoms with Crippen LogP contribution < -0.4 is 10.2 Å². The van der Waals surface area contributed by atoms with Gasteiger partial charge in [0.25, 0.3) is 12.4 Å². The molecule has 0 bridgehead atoms. The van der Waals surface area contributed by atoms with Crippen molar-refractivity contribution in [1.29, 1.82) is 0 Å². The Morgan fingerprint density at radius 1 is 1.27 bits per heavy atom. The van der Waals surface area contributed by atoms with Gasteiger partial charge in [-0.25, -0.2) is 4.79 Å². The lowest BCUT2D eigenvalue weighted by molar-refractivity contribution is -0.171. The summed E-state index contributed by atoms with van der Waals surface area (Å²) in [5, 5.41) is 10.5. The molecule has 0 spiro atoms. The van der Waals surface area contributed by atoms with Crippen molar-refractivity contribution in [2.75, 3.05) is 14.2 Å². The molecule has 0 amide bonds. The molecule has 0 saturated heterocycles. The number of carbonyl (C=O) groups is 2. The second-order valence-electron chi connectivity index (χ2n) is 11.9. The van der Waals surface area contributed by atoms with Gasteiger partial charge in [0.15, 0.2) is 0 Å². The molecule has 2 aliphatic rings. The first-order valence-corrected chi connectivity index (χ1v) is 13.0. The number of methoxy groups -OCH3 is 2. The quantitative estimate of drug-likeness (QED) is 0.283. The van der Waals surface area contributed by atoms with Crippen molar-refractivity contribution in [3.05, 3.63) is 39.3 Å². The summed E-state index contributed by atoms with van der Waals surface area (Å²) in [6.45, 7) is 14.5. The third-order valence-electron chi connectivity index (χ3n) is 9.14. The molecule has 206 valence electrons. The first-order chi connectivity index (χ1) is 17.2. The van der Waals surface area contributed by atoms with Gasteiger partial charge in [0.2, 0.25) is 5.43 Å². The summed E-state index contributed by atoms with van der Waals surface area (Å²) in [6, 6.07) is 0. The number of carbonyl (C=O) groups excluding carboxylic acids is 2. The van der Waals surface area contributed by atoms with Gasteiger partial charge in [-0.3, -0.25) is 9.59 Å². The fraction of sp³-hybridized carbons (Fsp3) is 0.690. The fourth-order valence-electron chi connectivity index (χ4n) is 7.09. The number of allylic oxidation sites excluding steroid dienone is 1. The van der Waals surface area contributed by atoms with Crippen molar-refractivity contribution < 1.29 is 33.3 Å². The highest BCUT2D eigenvalue weighted by Crippen LogP contribution is 2.63. The molecule has 0 aromatic carbocycles. The Morgan fingerprint density at radius 2 is 1.95 bits per heavy atom. The monoisotopic (exact) mass is 518 g/mol. The third-order valence-corrected chi connectivity index (χ3v) is 9.14. The number of aryl methyl sites for hydroxylation is 1. The highest BCUT2D eigenvalue weighted by Gasteiger charge is 2.59. The molecule has 1 N–H and O–H groups in total. The standard InChI is InChI=1S/C29H42O8/c1-17-9-10-21-28(5,12-11-22(36-16-30)29(21,6)14-13-27(3,4)33)20(17)15-19-24(31)23(25(32)34-7)18(2)37-26(19)35-8/h16,20-22,33H,1,9-15H2,2-8H3/t20-,21-,22-,28-,29+/m1/s1. The van der Waals surface area contributed by atoms with Crippen LogP contribution in [0.4, 0.5) is 0 Å². The minimum absolute atomic E-state index is 0.0881. The number of hydrogen-bond acceptors (Lipinski definition) is 8. The molecule has 5 atom stereocenters. The smallest absolute Gasteiger partial charge is 0.345 e. The zero-order valence-corrected chi connectivity index (χ0v) is 23.3. The van der Waals surface area contributed by atoms with E-state index >= 15 is 0 Å². The molecule has 0 unspecified atom stereocenters. The number of hydrogen-bond donors (Lipinski definition) is 1. The highest BCUT2D eigenvalue weighted by molar-refractivity contribution is 5.90.